The molecule has 48 valence electrons. The lowest BCUT2D eigenvalue weighted by Crippen LogP contribution is -2.26. The average molecular weight is 122 g/mol. The highest BCUT2D eigenvalue weighted by Crippen LogP contribution is 2.32. The molecule has 0 aromatic carbocycles. The van der Waals surface area contributed by atoms with Gasteiger partial charge in [-0.25, -0.2) is 0 Å². The zero-order valence-electron chi connectivity index (χ0n) is 5.34. The molecule has 2 atom stereocenters. The van der Waals surface area contributed by atoms with Crippen LogP contribution in [0.2, 0.25) is 0 Å². The third kappa shape index (κ3) is 0.716. The van der Waals surface area contributed by atoms with Crippen LogP contribution in [0.4, 0.5) is 0 Å². The number of hydrogen-bond donors (Lipinski definition) is 0. The zero-order valence-corrected chi connectivity index (χ0v) is 5.34. The minimum Gasteiger partial charge on any atom is -0.299 e. The van der Waals surface area contributed by atoms with E-state index in [1.54, 1.807) is 0 Å². The molecule has 0 aromatic rings. The highest BCUT2D eigenvalue weighted by atomic mass is 16.1. The number of allylic oxidation sites excluding steroid dienone is 2. The Balaban J connectivity index is 2.29. The van der Waals surface area contributed by atoms with E-state index in [2.05, 4.69) is 12.2 Å². The van der Waals surface area contributed by atoms with Gasteiger partial charge in [0.2, 0.25) is 0 Å². The lowest BCUT2D eigenvalue weighted by molar-refractivity contribution is -0.124. The first kappa shape index (κ1) is 5.21. The number of carbonyl (C=O) groups is 1. The van der Waals surface area contributed by atoms with Crippen molar-refractivity contribution in [3.05, 3.63) is 12.2 Å². The van der Waals surface area contributed by atoms with E-state index in [4.69, 9.17) is 0 Å². The van der Waals surface area contributed by atoms with Gasteiger partial charge in [0.15, 0.2) is 0 Å². The molecule has 0 N–H and O–H groups in total. The van der Waals surface area contributed by atoms with Gasteiger partial charge in [-0.1, -0.05) is 12.2 Å². The molecule has 1 heteroatoms. The average Bonchev–Trinajstić information content (AvgIpc) is 1.90. The lowest BCUT2D eigenvalue weighted by atomic mass is 9.75. The van der Waals surface area contributed by atoms with Gasteiger partial charge < -0.3 is 0 Å². The van der Waals surface area contributed by atoms with Crippen LogP contribution in [-0.2, 0) is 4.79 Å². The van der Waals surface area contributed by atoms with Crippen LogP contribution in [0.3, 0.4) is 0 Å². The topological polar surface area (TPSA) is 17.1 Å². The molecule has 0 unspecified atom stereocenters. The number of fused-ring (bicyclic) bond motifs is 2. The highest BCUT2D eigenvalue weighted by molar-refractivity contribution is 5.84. The molecule has 2 bridgehead atoms. The summed E-state index contributed by atoms with van der Waals surface area (Å²) < 4.78 is 0. The van der Waals surface area contributed by atoms with Crippen molar-refractivity contribution in [2.45, 2.75) is 19.3 Å². The number of Topliss-reactive ketones (excluding diaryl/α,β-unsaturated/α-hetero) is 1. The Bertz CT molecular complexity index is 169. The summed E-state index contributed by atoms with van der Waals surface area (Å²) >= 11 is 0. The molecular weight excluding hydrogens is 112 g/mol. The second kappa shape index (κ2) is 1.69. The van der Waals surface area contributed by atoms with Gasteiger partial charge in [0.05, 0.1) is 0 Å². The highest BCUT2D eigenvalue weighted by Gasteiger charge is 2.29. The summed E-state index contributed by atoms with van der Waals surface area (Å²) in [6.07, 6.45) is 7.46. The van der Waals surface area contributed by atoms with Crippen molar-refractivity contribution in [2.24, 2.45) is 11.8 Å². The number of carbonyl (C=O) groups excluding carboxylic acids is 1. The molecule has 0 aliphatic heterocycles. The van der Waals surface area contributed by atoms with E-state index in [1.165, 1.54) is 6.42 Å². The molecule has 1 saturated carbocycles. The van der Waals surface area contributed by atoms with Gasteiger partial charge >= 0.3 is 0 Å². The van der Waals surface area contributed by atoms with Crippen LogP contribution in [0, 0.1) is 11.8 Å². The number of ketones is 1. The third-order valence-corrected chi connectivity index (χ3v) is 2.34. The molecule has 0 saturated heterocycles. The van der Waals surface area contributed by atoms with Gasteiger partial charge in [0, 0.05) is 12.3 Å². The van der Waals surface area contributed by atoms with E-state index in [9.17, 15) is 4.79 Å². The maximum absolute atomic E-state index is 11.0. The quantitative estimate of drug-likeness (QED) is 0.445. The van der Waals surface area contributed by atoms with Gasteiger partial charge in [0.25, 0.3) is 0 Å². The van der Waals surface area contributed by atoms with E-state index in [-0.39, 0.29) is 0 Å². The van der Waals surface area contributed by atoms with Crippen LogP contribution >= 0.6 is 0 Å². The summed E-state index contributed by atoms with van der Waals surface area (Å²) in [5.74, 6) is 1.37. The number of hydrogen-bond acceptors (Lipinski definition) is 1. The predicted molar refractivity (Wildman–Crippen MR) is 35.0 cm³/mol. The van der Waals surface area contributed by atoms with E-state index < -0.39 is 0 Å². The SMILES string of the molecule is O=C1C[C@@H]2C=C[C@H]1CC2. The minimum absolute atomic E-state index is 0.301. The standard InChI is InChI=1S/C8H10O/c9-8-5-6-1-3-7(8)4-2-6/h1,3,6-7H,2,4-5H2/t6-,7+/m1/s1. The fraction of sp³-hybridized carbons (Fsp3) is 0.625. The predicted octanol–water partition coefficient (Wildman–Crippen LogP) is 1.54. The fourth-order valence-corrected chi connectivity index (χ4v) is 1.73. The Hall–Kier alpha value is -0.590. The molecule has 0 amide bonds. The first-order valence-electron chi connectivity index (χ1n) is 3.57. The molecule has 3 aliphatic carbocycles. The Labute approximate surface area is 54.8 Å². The summed E-state index contributed by atoms with van der Waals surface area (Å²) in [6.45, 7) is 0. The molecule has 0 radical (unpaired) electrons. The molecule has 3 aliphatic rings. The molecule has 0 spiro atoms. The maximum atomic E-state index is 11.0. The molecule has 0 heterocycles. The van der Waals surface area contributed by atoms with Gasteiger partial charge in [-0.05, 0) is 18.8 Å². The van der Waals surface area contributed by atoms with Crippen LogP contribution in [0.15, 0.2) is 12.2 Å². The molecule has 1 nitrogen and oxygen atoms in total. The molecule has 9 heavy (non-hydrogen) atoms. The van der Waals surface area contributed by atoms with Crippen molar-refractivity contribution in [1.29, 1.82) is 0 Å². The fourth-order valence-electron chi connectivity index (χ4n) is 1.73. The van der Waals surface area contributed by atoms with Crippen LogP contribution < -0.4 is 0 Å². The summed E-state index contributed by atoms with van der Waals surface area (Å²) in [4.78, 5) is 11.0. The second-order valence-corrected chi connectivity index (χ2v) is 3.00. The van der Waals surface area contributed by atoms with Crippen molar-refractivity contribution in [1.82, 2.24) is 0 Å². The molecule has 0 aromatic heterocycles. The first-order valence-corrected chi connectivity index (χ1v) is 3.57. The molecular formula is C8H10O. The van der Waals surface area contributed by atoms with Crippen LogP contribution in [0.25, 0.3) is 0 Å². The van der Waals surface area contributed by atoms with E-state index in [0.717, 1.165) is 12.8 Å². The van der Waals surface area contributed by atoms with Crippen molar-refractivity contribution in [3.8, 4) is 0 Å². The van der Waals surface area contributed by atoms with Crippen LogP contribution in [-0.4, -0.2) is 5.78 Å². The Morgan fingerprint density at radius 3 is 2.44 bits per heavy atom. The van der Waals surface area contributed by atoms with Crippen molar-refractivity contribution in [2.75, 3.05) is 0 Å². The smallest absolute Gasteiger partial charge is 0.140 e. The summed E-state index contributed by atoms with van der Waals surface area (Å²) in [5, 5.41) is 0. The Kier molecular flexibility index (Phi) is 0.981. The summed E-state index contributed by atoms with van der Waals surface area (Å²) in [7, 11) is 0. The zero-order chi connectivity index (χ0) is 6.27. The monoisotopic (exact) mass is 122 g/mol. The van der Waals surface area contributed by atoms with Crippen LogP contribution in [0.5, 0.6) is 0 Å². The van der Waals surface area contributed by atoms with Gasteiger partial charge in [-0.15, -0.1) is 0 Å². The second-order valence-electron chi connectivity index (χ2n) is 3.00. The molecule has 1 fully saturated rings. The van der Waals surface area contributed by atoms with E-state index in [0.29, 0.717) is 17.6 Å². The first-order chi connectivity index (χ1) is 4.36. The normalized spacial score (nSPS) is 39.8. The van der Waals surface area contributed by atoms with Crippen molar-refractivity contribution >= 4 is 5.78 Å². The third-order valence-electron chi connectivity index (χ3n) is 2.34. The summed E-state index contributed by atoms with van der Waals surface area (Å²) in [5.41, 5.74) is 0. The minimum atomic E-state index is 0.301. The largest absolute Gasteiger partial charge is 0.299 e. The van der Waals surface area contributed by atoms with Gasteiger partial charge in [-0.2, -0.15) is 0 Å². The number of rotatable bonds is 0. The molecule has 3 rings (SSSR count). The Morgan fingerprint density at radius 1 is 1.33 bits per heavy atom. The lowest BCUT2D eigenvalue weighted by Gasteiger charge is -2.28. The Morgan fingerprint density at radius 2 is 2.22 bits per heavy atom. The van der Waals surface area contributed by atoms with Crippen molar-refractivity contribution in [3.63, 3.8) is 0 Å². The van der Waals surface area contributed by atoms with E-state index in [1.807, 2.05) is 0 Å². The van der Waals surface area contributed by atoms with Gasteiger partial charge in [-0.3, -0.25) is 4.79 Å². The van der Waals surface area contributed by atoms with Crippen LogP contribution in [0.1, 0.15) is 19.3 Å². The van der Waals surface area contributed by atoms with Gasteiger partial charge in [0.1, 0.15) is 5.78 Å². The maximum Gasteiger partial charge on any atom is 0.140 e. The van der Waals surface area contributed by atoms with E-state index >= 15 is 0 Å². The van der Waals surface area contributed by atoms with Crippen molar-refractivity contribution < 1.29 is 4.79 Å². The summed E-state index contributed by atoms with van der Waals surface area (Å²) in [6, 6.07) is 0.